The molecule has 4 rings (SSSR count). The van der Waals surface area contributed by atoms with Crippen molar-refractivity contribution in [2.24, 2.45) is 0 Å². The Morgan fingerprint density at radius 3 is 2.43 bits per heavy atom. The number of anilines is 1. The molecule has 2 aromatic rings. The van der Waals surface area contributed by atoms with E-state index in [4.69, 9.17) is 4.74 Å². The molecule has 8 heteroatoms. The number of benzene rings is 2. The fourth-order valence-electron chi connectivity index (χ4n) is 3.93. The molecule has 0 radical (unpaired) electrons. The van der Waals surface area contributed by atoms with Gasteiger partial charge in [-0.3, -0.25) is 4.90 Å². The summed E-state index contributed by atoms with van der Waals surface area (Å²) in [6.45, 7) is 3.82. The van der Waals surface area contributed by atoms with E-state index in [1.807, 2.05) is 18.2 Å². The van der Waals surface area contributed by atoms with Gasteiger partial charge in [-0.05, 0) is 29.8 Å². The van der Waals surface area contributed by atoms with Gasteiger partial charge in [0.1, 0.15) is 0 Å². The highest BCUT2D eigenvalue weighted by molar-refractivity contribution is 7.91. The lowest BCUT2D eigenvalue weighted by atomic mass is 10.1. The highest BCUT2D eigenvalue weighted by Crippen LogP contribution is 2.29. The number of alkyl halides is 2. The van der Waals surface area contributed by atoms with E-state index in [1.165, 1.54) is 17.7 Å². The predicted molar refractivity (Wildman–Crippen MR) is 102 cm³/mol. The number of rotatable bonds is 5. The molecule has 0 aliphatic carbocycles. The Morgan fingerprint density at radius 2 is 1.75 bits per heavy atom. The van der Waals surface area contributed by atoms with Crippen molar-refractivity contribution in [2.45, 2.75) is 29.3 Å². The Balaban J connectivity index is 1.48. The molecule has 150 valence electrons. The first kappa shape index (κ1) is 19.3. The van der Waals surface area contributed by atoms with Crippen molar-refractivity contribution < 1.29 is 21.9 Å². The van der Waals surface area contributed by atoms with Crippen molar-refractivity contribution in [1.29, 1.82) is 0 Å². The number of morpholine rings is 1. The molecule has 2 atom stereocenters. The summed E-state index contributed by atoms with van der Waals surface area (Å²) in [5.41, 5.74) is 2.06. The number of halogens is 2. The van der Waals surface area contributed by atoms with E-state index in [0.29, 0.717) is 13.2 Å². The van der Waals surface area contributed by atoms with Crippen molar-refractivity contribution in [2.75, 3.05) is 31.1 Å². The van der Waals surface area contributed by atoms with Crippen molar-refractivity contribution in [3.63, 3.8) is 0 Å². The second kappa shape index (κ2) is 7.77. The van der Waals surface area contributed by atoms with E-state index < -0.39 is 15.6 Å². The largest absolute Gasteiger partial charge is 0.373 e. The zero-order valence-electron chi connectivity index (χ0n) is 15.2. The molecule has 2 aliphatic rings. The molecular formula is C20H22F2N2O3S. The maximum absolute atomic E-state index is 12.7. The maximum atomic E-state index is 12.7. The summed E-state index contributed by atoms with van der Waals surface area (Å²) in [6.07, 6.45) is 0.0712. The predicted octanol–water partition coefficient (Wildman–Crippen LogP) is 2.77. The van der Waals surface area contributed by atoms with Gasteiger partial charge in [0.25, 0.3) is 0 Å². The SMILES string of the molecule is O=S(=O)(c1ccc(N2CC3OCCN(Cc4ccccc4)C3C2)cc1)C(F)F. The first-order valence-corrected chi connectivity index (χ1v) is 10.8. The van der Waals surface area contributed by atoms with Gasteiger partial charge >= 0.3 is 5.76 Å². The highest BCUT2D eigenvalue weighted by Gasteiger charge is 2.40. The van der Waals surface area contributed by atoms with Crippen LogP contribution in [-0.4, -0.2) is 57.5 Å². The lowest BCUT2D eigenvalue weighted by Crippen LogP contribution is -2.50. The van der Waals surface area contributed by atoms with Gasteiger partial charge in [-0.1, -0.05) is 30.3 Å². The minimum atomic E-state index is -4.57. The molecule has 0 N–H and O–H groups in total. The molecule has 28 heavy (non-hydrogen) atoms. The lowest BCUT2D eigenvalue weighted by molar-refractivity contribution is -0.0499. The molecule has 2 fully saturated rings. The standard InChI is InChI=1S/C20H22F2N2O3S/c21-20(22)28(25,26)17-8-6-16(7-9-17)24-13-18-19(14-24)27-11-10-23(18)12-15-4-2-1-3-5-15/h1-9,18-20H,10-14H2. The van der Waals surface area contributed by atoms with Crippen LogP contribution in [0.2, 0.25) is 0 Å². The van der Waals surface area contributed by atoms with Crippen LogP contribution in [0.4, 0.5) is 14.5 Å². The van der Waals surface area contributed by atoms with Gasteiger partial charge in [0, 0.05) is 31.9 Å². The molecule has 2 saturated heterocycles. The third-order valence-corrected chi connectivity index (χ3v) is 6.81. The van der Waals surface area contributed by atoms with Gasteiger partial charge in [0.15, 0.2) is 0 Å². The third-order valence-electron chi connectivity index (χ3n) is 5.41. The number of ether oxygens (including phenoxy) is 1. The number of fused-ring (bicyclic) bond motifs is 1. The Labute approximate surface area is 163 Å². The van der Waals surface area contributed by atoms with Crippen LogP contribution in [0.1, 0.15) is 5.56 Å². The van der Waals surface area contributed by atoms with E-state index in [-0.39, 0.29) is 17.0 Å². The molecule has 2 aliphatic heterocycles. The second-order valence-electron chi connectivity index (χ2n) is 7.14. The van der Waals surface area contributed by atoms with E-state index >= 15 is 0 Å². The molecule has 0 bridgehead atoms. The van der Waals surface area contributed by atoms with Crippen LogP contribution in [0.5, 0.6) is 0 Å². The normalized spacial score (nSPS) is 23.2. The zero-order chi connectivity index (χ0) is 19.7. The van der Waals surface area contributed by atoms with Gasteiger partial charge in [-0.25, -0.2) is 8.42 Å². The highest BCUT2D eigenvalue weighted by atomic mass is 32.2. The maximum Gasteiger partial charge on any atom is 0.341 e. The molecule has 0 amide bonds. The summed E-state index contributed by atoms with van der Waals surface area (Å²) < 4.78 is 54.5. The van der Waals surface area contributed by atoms with Gasteiger partial charge in [0.2, 0.25) is 9.84 Å². The molecule has 2 heterocycles. The Bertz CT molecular complexity index is 907. The molecule has 5 nitrogen and oxygen atoms in total. The minimum absolute atomic E-state index is 0.0712. The molecule has 0 saturated carbocycles. The molecule has 0 spiro atoms. The summed E-state index contributed by atoms with van der Waals surface area (Å²) in [5, 5.41) is 0. The third kappa shape index (κ3) is 3.76. The van der Waals surface area contributed by atoms with Crippen LogP contribution in [0.25, 0.3) is 0 Å². The van der Waals surface area contributed by atoms with Crippen LogP contribution in [-0.2, 0) is 21.1 Å². The van der Waals surface area contributed by atoms with E-state index in [2.05, 4.69) is 21.9 Å². The van der Waals surface area contributed by atoms with Crippen LogP contribution in [0.3, 0.4) is 0 Å². The van der Waals surface area contributed by atoms with Crippen molar-refractivity contribution in [3.05, 3.63) is 60.2 Å². The van der Waals surface area contributed by atoms with Gasteiger partial charge in [0.05, 0.1) is 23.6 Å². The summed E-state index contributed by atoms with van der Waals surface area (Å²) in [7, 11) is -4.57. The minimum Gasteiger partial charge on any atom is -0.373 e. The monoisotopic (exact) mass is 408 g/mol. The summed E-state index contributed by atoms with van der Waals surface area (Å²) in [4.78, 5) is 4.18. The first-order valence-electron chi connectivity index (χ1n) is 9.22. The molecule has 2 aromatic carbocycles. The van der Waals surface area contributed by atoms with Crippen LogP contribution in [0, 0.1) is 0 Å². The Morgan fingerprint density at radius 1 is 1.04 bits per heavy atom. The molecular weight excluding hydrogens is 386 g/mol. The quantitative estimate of drug-likeness (QED) is 0.762. The average molecular weight is 408 g/mol. The number of hydrogen-bond donors (Lipinski definition) is 0. The van der Waals surface area contributed by atoms with E-state index in [0.717, 1.165) is 25.3 Å². The van der Waals surface area contributed by atoms with E-state index in [1.54, 1.807) is 12.1 Å². The van der Waals surface area contributed by atoms with E-state index in [9.17, 15) is 17.2 Å². The van der Waals surface area contributed by atoms with Gasteiger partial charge in [-0.15, -0.1) is 0 Å². The topological polar surface area (TPSA) is 49.9 Å². The Kier molecular flexibility index (Phi) is 5.35. The number of hydrogen-bond acceptors (Lipinski definition) is 5. The molecule has 0 aromatic heterocycles. The molecule has 2 unspecified atom stereocenters. The summed E-state index contributed by atoms with van der Waals surface area (Å²) in [5.74, 6) is -3.41. The number of nitrogens with zero attached hydrogens (tertiary/aromatic N) is 2. The zero-order valence-corrected chi connectivity index (χ0v) is 16.1. The van der Waals surface area contributed by atoms with Crippen LogP contribution >= 0.6 is 0 Å². The number of sulfone groups is 1. The van der Waals surface area contributed by atoms with Gasteiger partial charge < -0.3 is 9.64 Å². The van der Waals surface area contributed by atoms with Crippen molar-refractivity contribution in [3.8, 4) is 0 Å². The second-order valence-corrected chi connectivity index (χ2v) is 9.05. The summed E-state index contributed by atoms with van der Waals surface area (Å²) in [6, 6.07) is 16.2. The average Bonchev–Trinajstić information content (AvgIpc) is 3.14. The smallest absolute Gasteiger partial charge is 0.341 e. The van der Waals surface area contributed by atoms with Crippen LogP contribution < -0.4 is 4.90 Å². The fourth-order valence-corrected chi connectivity index (χ4v) is 4.65. The summed E-state index contributed by atoms with van der Waals surface area (Å²) >= 11 is 0. The van der Waals surface area contributed by atoms with Crippen LogP contribution in [0.15, 0.2) is 59.5 Å². The first-order chi connectivity index (χ1) is 13.4. The van der Waals surface area contributed by atoms with Gasteiger partial charge in [-0.2, -0.15) is 8.78 Å². The fraction of sp³-hybridized carbons (Fsp3) is 0.400. The van der Waals surface area contributed by atoms with Crippen molar-refractivity contribution >= 4 is 15.5 Å². The lowest BCUT2D eigenvalue weighted by Gasteiger charge is -2.36. The van der Waals surface area contributed by atoms with Crippen molar-refractivity contribution in [1.82, 2.24) is 4.90 Å². The Hall–Kier alpha value is -2.03.